The van der Waals surface area contributed by atoms with Crippen LogP contribution in [0.2, 0.25) is 0 Å². The Hall–Kier alpha value is -6.50. The van der Waals surface area contributed by atoms with E-state index in [1.165, 1.54) is 32.3 Å². The smallest absolute Gasteiger partial charge is 0.207 e. The van der Waals surface area contributed by atoms with Crippen molar-refractivity contribution in [2.45, 2.75) is 9.79 Å². The Morgan fingerprint density at radius 1 is 0.314 bits per heavy atom. The van der Waals surface area contributed by atoms with Gasteiger partial charge in [0.25, 0.3) is 0 Å². The molecule has 0 amide bonds. The molecule has 1 aliphatic heterocycles. The van der Waals surface area contributed by atoms with Crippen LogP contribution in [-0.2, 0) is 9.84 Å². The van der Waals surface area contributed by atoms with E-state index in [2.05, 4.69) is 78.9 Å². The summed E-state index contributed by atoms with van der Waals surface area (Å²) in [5.74, 6) is 1.42. The Bertz CT molecular complexity index is 2960. The third-order valence-corrected chi connectivity index (χ3v) is 11.7. The van der Waals surface area contributed by atoms with Crippen LogP contribution in [0.1, 0.15) is 0 Å². The summed E-state index contributed by atoms with van der Waals surface area (Å²) in [7, 11) is -3.67. The monoisotopic (exact) mass is 673 g/mol. The minimum absolute atomic E-state index is 0.267. The molecule has 10 rings (SSSR count). The van der Waals surface area contributed by atoms with Crippen LogP contribution in [0.15, 0.2) is 174 Å². The standard InChI is InChI=1S/C45H27N3O2S/c49-51(50)41-20-9-8-19-38(41)39-24-22-32(27-42(39)51)45-47-43(28-11-2-1-3-12-28)46-44(48-45)31-14-10-13-29(25-31)30-21-23-37-35-17-5-4-15-33(35)34-16-6-7-18-36(34)40(37)26-30/h1-27H. The van der Waals surface area contributed by atoms with E-state index in [1.54, 1.807) is 18.2 Å². The molecule has 0 N–H and O–H groups in total. The van der Waals surface area contributed by atoms with Crippen molar-refractivity contribution in [2.75, 3.05) is 0 Å². The summed E-state index contributed by atoms with van der Waals surface area (Å²) >= 11 is 0. The average Bonchev–Trinajstić information content (AvgIpc) is 3.43. The first-order valence-corrected chi connectivity index (χ1v) is 18.3. The quantitative estimate of drug-likeness (QED) is 0.174. The topological polar surface area (TPSA) is 72.8 Å². The molecule has 0 saturated heterocycles. The Balaban J connectivity index is 1.12. The van der Waals surface area contributed by atoms with Gasteiger partial charge in [-0.1, -0.05) is 140 Å². The lowest BCUT2D eigenvalue weighted by molar-refractivity contribution is 0.598. The zero-order chi connectivity index (χ0) is 34.1. The fraction of sp³-hybridized carbons (Fsp3) is 0. The predicted octanol–water partition coefficient (Wildman–Crippen LogP) is 10.8. The third kappa shape index (κ3) is 4.68. The zero-order valence-electron chi connectivity index (χ0n) is 27.2. The van der Waals surface area contributed by atoms with Crippen LogP contribution in [0.25, 0.3) is 88.7 Å². The molecule has 2 heterocycles. The summed E-state index contributed by atoms with van der Waals surface area (Å²) < 4.78 is 27.1. The summed E-state index contributed by atoms with van der Waals surface area (Å²) in [6.07, 6.45) is 0. The average molecular weight is 674 g/mol. The highest BCUT2D eigenvalue weighted by atomic mass is 32.2. The maximum atomic E-state index is 13.6. The molecule has 9 aromatic rings. The first-order chi connectivity index (χ1) is 25.0. The molecule has 0 radical (unpaired) electrons. The molecule has 0 bridgehead atoms. The molecule has 240 valence electrons. The molecule has 8 aromatic carbocycles. The van der Waals surface area contributed by atoms with Gasteiger partial charge in [0, 0.05) is 27.8 Å². The fourth-order valence-corrected chi connectivity index (χ4v) is 9.14. The molecule has 5 nitrogen and oxygen atoms in total. The number of benzene rings is 8. The van der Waals surface area contributed by atoms with Gasteiger partial charge in [-0.15, -0.1) is 0 Å². The molecule has 1 aliphatic rings. The van der Waals surface area contributed by atoms with Gasteiger partial charge in [-0.3, -0.25) is 0 Å². The van der Waals surface area contributed by atoms with Crippen molar-refractivity contribution in [3.63, 3.8) is 0 Å². The van der Waals surface area contributed by atoms with Gasteiger partial charge in [-0.2, -0.15) is 0 Å². The number of sulfone groups is 1. The van der Waals surface area contributed by atoms with Crippen molar-refractivity contribution >= 4 is 42.2 Å². The number of aromatic nitrogens is 3. The number of nitrogens with zero attached hydrogens (tertiary/aromatic N) is 3. The lowest BCUT2D eigenvalue weighted by Gasteiger charge is -2.13. The Morgan fingerprint density at radius 3 is 1.49 bits per heavy atom. The molecule has 0 fully saturated rings. The summed E-state index contributed by atoms with van der Waals surface area (Å²) in [6, 6.07) is 54.5. The van der Waals surface area contributed by atoms with Gasteiger partial charge in [-0.05, 0) is 67.7 Å². The maximum Gasteiger partial charge on any atom is 0.207 e. The first kappa shape index (κ1) is 29.4. The number of fused-ring (bicyclic) bond motifs is 9. The lowest BCUT2D eigenvalue weighted by Crippen LogP contribution is -2.01. The van der Waals surface area contributed by atoms with Crippen molar-refractivity contribution < 1.29 is 8.42 Å². The zero-order valence-corrected chi connectivity index (χ0v) is 28.0. The highest BCUT2D eigenvalue weighted by molar-refractivity contribution is 7.92. The fourth-order valence-electron chi connectivity index (χ4n) is 7.42. The summed E-state index contributed by atoms with van der Waals surface area (Å²) in [5, 5.41) is 7.37. The summed E-state index contributed by atoms with van der Waals surface area (Å²) in [6.45, 7) is 0. The molecule has 51 heavy (non-hydrogen) atoms. The maximum absolute atomic E-state index is 13.6. The van der Waals surface area contributed by atoms with Crippen molar-refractivity contribution in [3.8, 4) is 56.4 Å². The SMILES string of the molecule is O=S1(=O)c2ccccc2-c2ccc(-c3nc(-c4ccccc4)nc(-c4cccc(-c5ccc6c7ccccc7c7ccccc7c6c5)c4)n3)cc21. The molecule has 6 heteroatoms. The van der Waals surface area contributed by atoms with Crippen molar-refractivity contribution in [1.29, 1.82) is 0 Å². The molecular formula is C45H27N3O2S. The van der Waals surface area contributed by atoms with E-state index in [0.29, 0.717) is 39.1 Å². The molecule has 0 aliphatic carbocycles. The molecular weight excluding hydrogens is 647 g/mol. The van der Waals surface area contributed by atoms with Crippen molar-refractivity contribution in [1.82, 2.24) is 15.0 Å². The van der Waals surface area contributed by atoms with Crippen molar-refractivity contribution in [2.24, 2.45) is 0 Å². The lowest BCUT2D eigenvalue weighted by atomic mass is 9.92. The van der Waals surface area contributed by atoms with Gasteiger partial charge in [-0.25, -0.2) is 23.4 Å². The van der Waals surface area contributed by atoms with Crippen LogP contribution in [0, 0.1) is 0 Å². The van der Waals surface area contributed by atoms with Gasteiger partial charge in [0.05, 0.1) is 9.79 Å². The van der Waals surface area contributed by atoms with Gasteiger partial charge in [0.15, 0.2) is 17.5 Å². The second-order valence-corrected chi connectivity index (χ2v) is 14.7. The van der Waals surface area contributed by atoms with E-state index in [1.807, 2.05) is 66.7 Å². The molecule has 1 aromatic heterocycles. The van der Waals surface area contributed by atoms with Crippen molar-refractivity contribution in [3.05, 3.63) is 164 Å². The molecule has 0 atom stereocenters. The van der Waals surface area contributed by atoms with E-state index >= 15 is 0 Å². The van der Waals surface area contributed by atoms with E-state index in [0.717, 1.165) is 22.3 Å². The van der Waals surface area contributed by atoms with Gasteiger partial charge >= 0.3 is 0 Å². The van der Waals surface area contributed by atoms with Crippen LogP contribution in [-0.4, -0.2) is 23.4 Å². The third-order valence-electron chi connectivity index (χ3n) is 9.86. The van der Waals surface area contributed by atoms with Crippen LogP contribution < -0.4 is 0 Å². The van der Waals surface area contributed by atoms with Crippen LogP contribution in [0.4, 0.5) is 0 Å². The molecule has 0 saturated carbocycles. The van der Waals surface area contributed by atoms with Gasteiger partial charge in [0.2, 0.25) is 9.84 Å². The number of hydrogen-bond acceptors (Lipinski definition) is 5. The molecule has 0 spiro atoms. The molecule has 0 unspecified atom stereocenters. The van der Waals surface area contributed by atoms with Gasteiger partial charge < -0.3 is 0 Å². The summed E-state index contributed by atoms with van der Waals surface area (Å²) in [4.78, 5) is 15.4. The van der Waals surface area contributed by atoms with E-state index in [4.69, 9.17) is 15.0 Å². The van der Waals surface area contributed by atoms with Crippen LogP contribution >= 0.6 is 0 Å². The van der Waals surface area contributed by atoms with Crippen LogP contribution in [0.3, 0.4) is 0 Å². The summed E-state index contributed by atoms with van der Waals surface area (Å²) in [5.41, 5.74) is 5.81. The number of rotatable bonds is 4. The largest absolute Gasteiger partial charge is 0.218 e. The first-order valence-electron chi connectivity index (χ1n) is 16.8. The van der Waals surface area contributed by atoms with E-state index in [-0.39, 0.29) is 4.90 Å². The second-order valence-electron chi connectivity index (χ2n) is 12.8. The van der Waals surface area contributed by atoms with E-state index in [9.17, 15) is 8.42 Å². The Kier molecular flexibility index (Phi) is 6.50. The highest BCUT2D eigenvalue weighted by Crippen LogP contribution is 2.44. The minimum Gasteiger partial charge on any atom is -0.218 e. The number of hydrogen-bond donors (Lipinski definition) is 0. The van der Waals surface area contributed by atoms with Crippen LogP contribution in [0.5, 0.6) is 0 Å². The Morgan fingerprint density at radius 2 is 0.784 bits per heavy atom. The predicted molar refractivity (Wildman–Crippen MR) is 205 cm³/mol. The van der Waals surface area contributed by atoms with E-state index < -0.39 is 9.84 Å². The Labute approximate surface area is 294 Å². The highest BCUT2D eigenvalue weighted by Gasteiger charge is 2.33. The normalized spacial score (nSPS) is 13.0. The van der Waals surface area contributed by atoms with Gasteiger partial charge in [0.1, 0.15) is 0 Å². The minimum atomic E-state index is -3.67. The second kappa shape index (κ2) is 11.3.